The maximum absolute atomic E-state index is 12.7. The monoisotopic (exact) mass is 233 g/mol. The highest BCUT2D eigenvalue weighted by Crippen LogP contribution is 2.07. The summed E-state index contributed by atoms with van der Waals surface area (Å²) < 4.78 is 18.0. The molecule has 0 fully saturated rings. The summed E-state index contributed by atoms with van der Waals surface area (Å²) in [4.78, 5) is 14.4. The van der Waals surface area contributed by atoms with Crippen LogP contribution in [0.5, 0.6) is 5.75 Å². The Balaban J connectivity index is 2.07. The summed E-state index contributed by atoms with van der Waals surface area (Å²) in [5, 5.41) is 0. The van der Waals surface area contributed by atoms with Crippen molar-refractivity contribution in [2.45, 2.75) is 13.5 Å². The molecule has 0 radical (unpaired) electrons. The Morgan fingerprint density at radius 2 is 2.00 bits per heavy atom. The highest BCUT2D eigenvalue weighted by atomic mass is 19.1. The van der Waals surface area contributed by atoms with Crippen molar-refractivity contribution in [1.82, 2.24) is 4.98 Å². The van der Waals surface area contributed by atoms with E-state index in [9.17, 15) is 9.18 Å². The van der Waals surface area contributed by atoms with Crippen LogP contribution in [-0.4, -0.2) is 4.98 Å². The zero-order chi connectivity index (χ0) is 12.3. The van der Waals surface area contributed by atoms with E-state index in [2.05, 4.69) is 4.98 Å². The first-order valence-corrected chi connectivity index (χ1v) is 5.22. The molecule has 0 saturated carbocycles. The number of nitrogens with one attached hydrogen (secondary N) is 1. The summed E-state index contributed by atoms with van der Waals surface area (Å²) in [5.74, 6) is -0.0261. The van der Waals surface area contributed by atoms with E-state index >= 15 is 0 Å². The fourth-order valence-corrected chi connectivity index (χ4v) is 1.41. The van der Waals surface area contributed by atoms with E-state index in [1.807, 2.05) is 0 Å². The SMILES string of the molecule is Cc1cc(=O)c(OCc2ccc(F)cc2)c[nH]1. The number of hydrogen-bond donors (Lipinski definition) is 1. The van der Waals surface area contributed by atoms with E-state index < -0.39 is 0 Å². The summed E-state index contributed by atoms with van der Waals surface area (Å²) in [5.41, 5.74) is 1.43. The quantitative estimate of drug-likeness (QED) is 0.884. The average Bonchev–Trinajstić information content (AvgIpc) is 2.30. The summed E-state index contributed by atoms with van der Waals surface area (Å²) >= 11 is 0. The van der Waals surface area contributed by atoms with Gasteiger partial charge in [-0.05, 0) is 24.6 Å². The van der Waals surface area contributed by atoms with Crippen LogP contribution in [0.25, 0.3) is 0 Å². The standard InChI is InChI=1S/C13H12FNO2/c1-9-6-12(16)13(7-15-9)17-8-10-2-4-11(14)5-3-10/h2-7H,8H2,1H3,(H,15,16). The van der Waals surface area contributed by atoms with Gasteiger partial charge in [-0.15, -0.1) is 0 Å². The van der Waals surface area contributed by atoms with E-state index in [1.54, 1.807) is 19.1 Å². The van der Waals surface area contributed by atoms with Crippen molar-refractivity contribution in [1.29, 1.82) is 0 Å². The molecule has 0 spiro atoms. The molecule has 1 heterocycles. The molecule has 1 aromatic heterocycles. The topological polar surface area (TPSA) is 42.1 Å². The van der Waals surface area contributed by atoms with Gasteiger partial charge in [0.15, 0.2) is 5.75 Å². The van der Waals surface area contributed by atoms with Gasteiger partial charge in [0, 0.05) is 18.0 Å². The fourth-order valence-electron chi connectivity index (χ4n) is 1.41. The Morgan fingerprint density at radius 1 is 1.29 bits per heavy atom. The van der Waals surface area contributed by atoms with Gasteiger partial charge >= 0.3 is 0 Å². The number of aromatic amines is 1. The molecule has 1 N–H and O–H groups in total. The summed E-state index contributed by atoms with van der Waals surface area (Å²) in [6.45, 7) is 2.04. The van der Waals surface area contributed by atoms with Crippen LogP contribution in [0, 0.1) is 12.7 Å². The number of benzene rings is 1. The minimum atomic E-state index is -0.290. The zero-order valence-corrected chi connectivity index (χ0v) is 9.37. The van der Waals surface area contributed by atoms with Gasteiger partial charge in [-0.2, -0.15) is 0 Å². The number of halogens is 1. The number of hydrogen-bond acceptors (Lipinski definition) is 2. The maximum Gasteiger partial charge on any atom is 0.223 e. The molecule has 0 aliphatic carbocycles. The van der Waals surface area contributed by atoms with Gasteiger partial charge in [0.2, 0.25) is 5.43 Å². The Bertz CT molecular complexity index is 560. The Labute approximate surface area is 97.9 Å². The highest BCUT2D eigenvalue weighted by Gasteiger charge is 2.01. The minimum absolute atomic E-state index is 0.164. The van der Waals surface area contributed by atoms with Crippen molar-refractivity contribution in [3.63, 3.8) is 0 Å². The molecule has 0 bridgehead atoms. The largest absolute Gasteiger partial charge is 0.483 e. The van der Waals surface area contributed by atoms with Gasteiger partial charge in [0.05, 0.1) is 0 Å². The molecule has 0 saturated heterocycles. The molecule has 1 aromatic carbocycles. The molecular formula is C13H12FNO2. The van der Waals surface area contributed by atoms with E-state index in [0.29, 0.717) is 0 Å². The molecule has 17 heavy (non-hydrogen) atoms. The van der Waals surface area contributed by atoms with Crippen LogP contribution in [0.4, 0.5) is 4.39 Å². The predicted octanol–water partition coefficient (Wildman–Crippen LogP) is 2.40. The first-order chi connectivity index (χ1) is 8.15. The molecule has 0 amide bonds. The predicted molar refractivity (Wildman–Crippen MR) is 62.5 cm³/mol. The smallest absolute Gasteiger partial charge is 0.223 e. The lowest BCUT2D eigenvalue weighted by molar-refractivity contribution is 0.302. The average molecular weight is 233 g/mol. The third-order valence-electron chi connectivity index (χ3n) is 2.33. The first kappa shape index (κ1) is 11.4. The van der Waals surface area contributed by atoms with Gasteiger partial charge in [-0.1, -0.05) is 12.1 Å². The number of ether oxygens (including phenoxy) is 1. The number of aryl methyl sites for hydroxylation is 1. The number of H-pyrrole nitrogens is 1. The van der Waals surface area contributed by atoms with Gasteiger partial charge in [-0.25, -0.2) is 4.39 Å². The van der Waals surface area contributed by atoms with Crippen LogP contribution in [0.3, 0.4) is 0 Å². The second kappa shape index (κ2) is 4.82. The third-order valence-corrected chi connectivity index (χ3v) is 2.33. The van der Waals surface area contributed by atoms with Crippen LogP contribution >= 0.6 is 0 Å². The highest BCUT2D eigenvalue weighted by molar-refractivity contribution is 5.21. The van der Waals surface area contributed by atoms with Crippen molar-refractivity contribution in [2.75, 3.05) is 0 Å². The van der Waals surface area contributed by atoms with Gasteiger partial charge in [0.1, 0.15) is 12.4 Å². The molecule has 2 aromatic rings. The van der Waals surface area contributed by atoms with Crippen LogP contribution in [0.2, 0.25) is 0 Å². The Kier molecular flexibility index (Phi) is 3.23. The van der Waals surface area contributed by atoms with E-state index in [1.165, 1.54) is 24.4 Å². The van der Waals surface area contributed by atoms with E-state index in [-0.39, 0.29) is 23.6 Å². The molecular weight excluding hydrogens is 221 g/mol. The molecule has 4 heteroatoms. The van der Waals surface area contributed by atoms with Crippen molar-refractivity contribution in [2.24, 2.45) is 0 Å². The van der Waals surface area contributed by atoms with Gasteiger partial charge < -0.3 is 9.72 Å². The number of pyridine rings is 1. The second-order valence-electron chi connectivity index (χ2n) is 3.76. The fraction of sp³-hybridized carbons (Fsp3) is 0.154. The normalized spacial score (nSPS) is 10.2. The molecule has 0 aliphatic heterocycles. The molecule has 3 nitrogen and oxygen atoms in total. The van der Waals surface area contributed by atoms with Gasteiger partial charge in [-0.3, -0.25) is 4.79 Å². The molecule has 0 unspecified atom stereocenters. The first-order valence-electron chi connectivity index (χ1n) is 5.22. The molecule has 0 aliphatic rings. The van der Waals surface area contributed by atoms with Gasteiger partial charge in [0.25, 0.3) is 0 Å². The Morgan fingerprint density at radius 3 is 2.65 bits per heavy atom. The minimum Gasteiger partial charge on any atom is -0.483 e. The van der Waals surface area contributed by atoms with E-state index in [4.69, 9.17) is 4.74 Å². The number of aromatic nitrogens is 1. The third kappa shape index (κ3) is 2.93. The number of rotatable bonds is 3. The lowest BCUT2D eigenvalue weighted by Crippen LogP contribution is -2.08. The Hall–Kier alpha value is -2.10. The van der Waals surface area contributed by atoms with Crippen LogP contribution in [0.15, 0.2) is 41.3 Å². The van der Waals surface area contributed by atoms with E-state index in [0.717, 1.165) is 11.3 Å². The van der Waals surface area contributed by atoms with Crippen molar-refractivity contribution in [3.05, 3.63) is 63.8 Å². The lowest BCUT2D eigenvalue weighted by atomic mass is 10.2. The van der Waals surface area contributed by atoms with Crippen LogP contribution in [-0.2, 0) is 6.61 Å². The van der Waals surface area contributed by atoms with Crippen molar-refractivity contribution < 1.29 is 9.13 Å². The van der Waals surface area contributed by atoms with Crippen LogP contribution < -0.4 is 10.2 Å². The van der Waals surface area contributed by atoms with Crippen molar-refractivity contribution >= 4 is 0 Å². The summed E-state index contributed by atoms with van der Waals surface area (Å²) in [7, 11) is 0. The zero-order valence-electron chi connectivity index (χ0n) is 9.37. The summed E-state index contributed by atoms with van der Waals surface area (Å²) in [6, 6.07) is 7.44. The lowest BCUT2D eigenvalue weighted by Gasteiger charge is -2.05. The molecule has 2 rings (SSSR count). The van der Waals surface area contributed by atoms with Crippen LogP contribution in [0.1, 0.15) is 11.3 Å². The second-order valence-corrected chi connectivity index (χ2v) is 3.76. The summed E-state index contributed by atoms with van der Waals surface area (Å²) in [6.07, 6.45) is 1.53. The molecule has 0 atom stereocenters. The maximum atomic E-state index is 12.7. The molecule has 88 valence electrons. The van der Waals surface area contributed by atoms with Crippen molar-refractivity contribution in [3.8, 4) is 5.75 Å².